The Morgan fingerprint density at radius 3 is 2.40 bits per heavy atom. The summed E-state index contributed by atoms with van der Waals surface area (Å²) in [7, 11) is 0. The number of alkyl halides is 3. The molecule has 2 rings (SSSR count). The summed E-state index contributed by atoms with van der Waals surface area (Å²) >= 11 is 0. The molecule has 4 nitrogen and oxygen atoms in total. The van der Waals surface area contributed by atoms with Crippen LogP contribution in [0.25, 0.3) is 0 Å². The topological polar surface area (TPSA) is 58.6 Å². The van der Waals surface area contributed by atoms with Crippen LogP contribution < -0.4 is 10.1 Å². The number of amides is 1. The Morgan fingerprint density at radius 1 is 1.16 bits per heavy atom. The van der Waals surface area contributed by atoms with Crippen molar-refractivity contribution in [3.63, 3.8) is 0 Å². The van der Waals surface area contributed by atoms with Gasteiger partial charge in [0.1, 0.15) is 11.5 Å². The molecule has 0 heterocycles. The zero-order valence-corrected chi connectivity index (χ0v) is 13.5. The first-order chi connectivity index (χ1) is 11.8. The lowest BCUT2D eigenvalue weighted by Crippen LogP contribution is -2.36. The summed E-state index contributed by atoms with van der Waals surface area (Å²) in [6, 6.07) is 10.2. The van der Waals surface area contributed by atoms with Crippen LogP contribution in [0.4, 0.5) is 13.2 Å². The molecule has 25 heavy (non-hydrogen) atoms. The smallest absolute Gasteiger partial charge is 0.416 e. The van der Waals surface area contributed by atoms with Gasteiger partial charge in [-0.25, -0.2) is 0 Å². The number of carbonyl (C=O) groups excluding carboxylic acids is 1. The normalized spacial score (nSPS) is 12.5. The van der Waals surface area contributed by atoms with E-state index in [1.54, 1.807) is 18.2 Å². The van der Waals surface area contributed by atoms with Crippen molar-refractivity contribution >= 4 is 5.91 Å². The van der Waals surface area contributed by atoms with Crippen LogP contribution in [-0.4, -0.2) is 23.7 Å². The molecule has 7 heteroatoms. The van der Waals surface area contributed by atoms with Crippen LogP contribution >= 0.6 is 0 Å². The summed E-state index contributed by atoms with van der Waals surface area (Å²) in [4.78, 5) is 12.1. The molecule has 0 bridgehead atoms. The SMILES string of the molecule is CCC(CO)NC(=O)c1cccc(Oc2cccc(C(F)(F)F)c2)c1. The van der Waals surface area contributed by atoms with E-state index in [1.807, 2.05) is 6.92 Å². The average Bonchev–Trinajstić information content (AvgIpc) is 2.59. The number of halogens is 3. The first-order valence-electron chi connectivity index (χ1n) is 7.70. The number of hydrogen-bond acceptors (Lipinski definition) is 3. The Labute approximate surface area is 143 Å². The molecule has 0 saturated heterocycles. The number of hydrogen-bond donors (Lipinski definition) is 2. The van der Waals surface area contributed by atoms with Crippen molar-refractivity contribution in [3.8, 4) is 11.5 Å². The minimum atomic E-state index is -4.46. The van der Waals surface area contributed by atoms with E-state index in [-0.39, 0.29) is 29.7 Å². The van der Waals surface area contributed by atoms with Crippen LogP contribution in [0.1, 0.15) is 29.3 Å². The Bertz CT molecular complexity index is 728. The number of nitrogens with one attached hydrogen (secondary N) is 1. The molecule has 0 spiro atoms. The number of rotatable bonds is 6. The number of aliphatic hydroxyl groups is 1. The number of benzene rings is 2. The summed E-state index contributed by atoms with van der Waals surface area (Å²) in [6.45, 7) is 1.65. The molecule has 0 aliphatic carbocycles. The fourth-order valence-electron chi connectivity index (χ4n) is 2.12. The lowest BCUT2D eigenvalue weighted by molar-refractivity contribution is -0.137. The molecule has 0 saturated carbocycles. The average molecular weight is 353 g/mol. The highest BCUT2D eigenvalue weighted by molar-refractivity contribution is 5.94. The van der Waals surface area contributed by atoms with Crippen LogP contribution in [0.3, 0.4) is 0 Å². The van der Waals surface area contributed by atoms with Gasteiger partial charge in [-0.2, -0.15) is 13.2 Å². The Hall–Kier alpha value is -2.54. The van der Waals surface area contributed by atoms with Crippen molar-refractivity contribution in [2.75, 3.05) is 6.61 Å². The van der Waals surface area contributed by atoms with Gasteiger partial charge in [-0.15, -0.1) is 0 Å². The van der Waals surface area contributed by atoms with Crippen molar-refractivity contribution in [3.05, 3.63) is 59.7 Å². The molecule has 1 unspecified atom stereocenters. The van der Waals surface area contributed by atoms with Gasteiger partial charge in [0.2, 0.25) is 0 Å². The molecular formula is C18H18F3NO3. The molecule has 0 fully saturated rings. The van der Waals surface area contributed by atoms with E-state index in [2.05, 4.69) is 5.32 Å². The fraction of sp³-hybridized carbons (Fsp3) is 0.278. The first kappa shape index (κ1) is 18.8. The zero-order valence-electron chi connectivity index (χ0n) is 13.5. The summed E-state index contributed by atoms with van der Waals surface area (Å²) < 4.78 is 43.6. The highest BCUT2D eigenvalue weighted by atomic mass is 19.4. The minimum Gasteiger partial charge on any atom is -0.457 e. The Balaban J connectivity index is 2.15. The predicted molar refractivity (Wildman–Crippen MR) is 86.6 cm³/mol. The lowest BCUT2D eigenvalue weighted by Gasteiger charge is -2.14. The van der Waals surface area contributed by atoms with Gasteiger partial charge in [0.05, 0.1) is 18.2 Å². The summed E-state index contributed by atoms with van der Waals surface area (Å²) in [6.07, 6.45) is -3.89. The maximum Gasteiger partial charge on any atom is 0.416 e. The minimum absolute atomic E-state index is 0.0224. The fourth-order valence-corrected chi connectivity index (χ4v) is 2.12. The molecule has 0 radical (unpaired) electrons. The molecule has 2 N–H and O–H groups in total. The second kappa shape index (κ2) is 8.02. The Kier molecular flexibility index (Phi) is 6.03. The molecule has 0 aromatic heterocycles. The van der Waals surface area contributed by atoms with Gasteiger partial charge in [-0.05, 0) is 42.8 Å². The van der Waals surface area contributed by atoms with Crippen molar-refractivity contribution < 1.29 is 27.8 Å². The largest absolute Gasteiger partial charge is 0.457 e. The lowest BCUT2D eigenvalue weighted by atomic mass is 10.1. The van der Waals surface area contributed by atoms with Crippen LogP contribution in [-0.2, 0) is 6.18 Å². The van der Waals surface area contributed by atoms with E-state index >= 15 is 0 Å². The molecule has 1 atom stereocenters. The molecule has 2 aromatic rings. The first-order valence-corrected chi connectivity index (χ1v) is 7.70. The van der Waals surface area contributed by atoms with Gasteiger partial charge >= 0.3 is 6.18 Å². The van der Waals surface area contributed by atoms with E-state index in [0.717, 1.165) is 12.1 Å². The summed E-state index contributed by atoms with van der Waals surface area (Å²) in [5, 5.41) is 11.8. The summed E-state index contributed by atoms with van der Waals surface area (Å²) in [5.41, 5.74) is -0.524. The molecule has 0 aliphatic rings. The van der Waals surface area contributed by atoms with E-state index in [9.17, 15) is 18.0 Å². The van der Waals surface area contributed by atoms with Gasteiger partial charge in [-0.3, -0.25) is 4.79 Å². The van der Waals surface area contributed by atoms with Gasteiger partial charge in [0.25, 0.3) is 5.91 Å². The van der Waals surface area contributed by atoms with Crippen molar-refractivity contribution in [1.82, 2.24) is 5.32 Å². The van der Waals surface area contributed by atoms with Gasteiger partial charge < -0.3 is 15.2 Å². The van der Waals surface area contributed by atoms with Gasteiger partial charge in [-0.1, -0.05) is 19.1 Å². The van der Waals surface area contributed by atoms with E-state index < -0.39 is 17.6 Å². The zero-order chi connectivity index (χ0) is 18.4. The predicted octanol–water partition coefficient (Wildman–Crippen LogP) is 4.00. The van der Waals surface area contributed by atoms with E-state index in [0.29, 0.717) is 6.42 Å². The van der Waals surface area contributed by atoms with Crippen molar-refractivity contribution in [2.24, 2.45) is 0 Å². The standard InChI is InChI=1S/C18H18F3NO3/c1-2-14(11-23)22-17(24)12-5-3-7-15(9-12)25-16-8-4-6-13(10-16)18(19,20)21/h3-10,14,23H,2,11H2,1H3,(H,22,24). The summed E-state index contributed by atoms with van der Waals surface area (Å²) in [5.74, 6) is -0.131. The Morgan fingerprint density at radius 2 is 1.80 bits per heavy atom. The molecule has 0 aliphatic heterocycles. The second-order valence-corrected chi connectivity index (χ2v) is 5.42. The van der Waals surface area contributed by atoms with Crippen LogP contribution in [0.15, 0.2) is 48.5 Å². The van der Waals surface area contributed by atoms with Crippen LogP contribution in [0, 0.1) is 0 Å². The maximum atomic E-state index is 12.7. The highest BCUT2D eigenvalue weighted by Crippen LogP contribution is 2.32. The quantitative estimate of drug-likeness (QED) is 0.825. The highest BCUT2D eigenvalue weighted by Gasteiger charge is 2.30. The van der Waals surface area contributed by atoms with Gasteiger partial charge in [0.15, 0.2) is 0 Å². The second-order valence-electron chi connectivity index (χ2n) is 5.42. The third-order valence-corrected chi connectivity index (χ3v) is 3.54. The van der Waals surface area contributed by atoms with Gasteiger partial charge in [0, 0.05) is 5.56 Å². The third kappa shape index (κ3) is 5.22. The number of carbonyl (C=O) groups is 1. The monoisotopic (exact) mass is 353 g/mol. The molecule has 1 amide bonds. The molecular weight excluding hydrogens is 335 g/mol. The third-order valence-electron chi connectivity index (χ3n) is 3.54. The number of ether oxygens (including phenoxy) is 1. The molecule has 2 aromatic carbocycles. The number of aliphatic hydroxyl groups excluding tert-OH is 1. The van der Waals surface area contributed by atoms with Crippen molar-refractivity contribution in [1.29, 1.82) is 0 Å². The van der Waals surface area contributed by atoms with Crippen molar-refractivity contribution in [2.45, 2.75) is 25.6 Å². The maximum absolute atomic E-state index is 12.7. The van der Waals surface area contributed by atoms with Crippen LogP contribution in [0.5, 0.6) is 11.5 Å². The molecule has 134 valence electrons. The van der Waals surface area contributed by atoms with E-state index in [1.165, 1.54) is 18.2 Å². The van der Waals surface area contributed by atoms with Crippen LogP contribution in [0.2, 0.25) is 0 Å². The van der Waals surface area contributed by atoms with E-state index in [4.69, 9.17) is 9.84 Å².